The summed E-state index contributed by atoms with van der Waals surface area (Å²) in [6.07, 6.45) is 6.23. The first kappa shape index (κ1) is 8.71. The Balaban J connectivity index is 2.46. The summed E-state index contributed by atoms with van der Waals surface area (Å²) in [5, 5.41) is 3.15. The average molecular weight is 163 g/mol. The highest BCUT2D eigenvalue weighted by molar-refractivity contribution is 5.23. The molecule has 0 aromatic carbocycles. The zero-order valence-electron chi connectivity index (χ0n) is 7.20. The lowest BCUT2D eigenvalue weighted by atomic mass is 10.2. The Morgan fingerprint density at radius 2 is 2.25 bits per heavy atom. The van der Waals surface area contributed by atoms with Gasteiger partial charge in [-0.2, -0.15) is 0 Å². The fourth-order valence-corrected chi connectivity index (χ4v) is 0.903. The molecule has 3 heteroatoms. The minimum Gasteiger partial charge on any atom is -0.351 e. The fourth-order valence-electron chi connectivity index (χ4n) is 0.903. The molecule has 1 aromatic heterocycles. The molecule has 0 amide bonds. The first-order valence-electron chi connectivity index (χ1n) is 3.97. The van der Waals surface area contributed by atoms with Gasteiger partial charge >= 0.3 is 0 Å². The molecular formula is C9H13N3. The molecule has 0 fully saturated rings. The van der Waals surface area contributed by atoms with Crippen LogP contribution in [0.5, 0.6) is 0 Å². The Kier molecular flexibility index (Phi) is 3.26. The number of anilines is 1. The van der Waals surface area contributed by atoms with Gasteiger partial charge in [0.05, 0.1) is 0 Å². The molecule has 0 aliphatic carbocycles. The van der Waals surface area contributed by atoms with E-state index in [0.717, 1.165) is 6.42 Å². The number of aromatic nitrogens is 2. The Labute approximate surface area is 72.6 Å². The highest BCUT2D eigenvalue weighted by Crippen LogP contribution is 2.00. The summed E-state index contributed by atoms with van der Waals surface area (Å²) < 4.78 is 0. The number of nitrogens with one attached hydrogen (secondary N) is 1. The van der Waals surface area contributed by atoms with Gasteiger partial charge in [-0.15, -0.1) is 6.58 Å². The van der Waals surface area contributed by atoms with Crippen molar-refractivity contribution in [3.63, 3.8) is 0 Å². The van der Waals surface area contributed by atoms with Crippen LogP contribution in [-0.4, -0.2) is 16.0 Å². The third-order valence-electron chi connectivity index (χ3n) is 1.46. The number of hydrogen-bond acceptors (Lipinski definition) is 3. The van der Waals surface area contributed by atoms with Crippen LogP contribution in [0.4, 0.5) is 5.95 Å². The van der Waals surface area contributed by atoms with Crippen molar-refractivity contribution in [2.24, 2.45) is 0 Å². The van der Waals surface area contributed by atoms with Gasteiger partial charge in [-0.05, 0) is 19.4 Å². The molecule has 1 N–H and O–H groups in total. The Morgan fingerprint density at radius 1 is 1.58 bits per heavy atom. The van der Waals surface area contributed by atoms with Gasteiger partial charge in [-0.1, -0.05) is 6.08 Å². The monoisotopic (exact) mass is 163 g/mol. The number of hydrogen-bond donors (Lipinski definition) is 1. The SMILES string of the molecule is C=CCC(C)Nc1ncccn1. The lowest BCUT2D eigenvalue weighted by molar-refractivity contribution is 0.798. The molecule has 0 spiro atoms. The van der Waals surface area contributed by atoms with E-state index in [2.05, 4.69) is 28.8 Å². The highest BCUT2D eigenvalue weighted by Gasteiger charge is 1.99. The minimum absolute atomic E-state index is 0.338. The largest absolute Gasteiger partial charge is 0.351 e. The second kappa shape index (κ2) is 4.49. The lowest BCUT2D eigenvalue weighted by Gasteiger charge is -2.10. The normalized spacial score (nSPS) is 12.1. The van der Waals surface area contributed by atoms with Crippen LogP contribution in [-0.2, 0) is 0 Å². The molecule has 0 aliphatic heterocycles. The number of nitrogens with zero attached hydrogens (tertiary/aromatic N) is 2. The Hall–Kier alpha value is -1.38. The molecule has 12 heavy (non-hydrogen) atoms. The standard InChI is InChI=1S/C9H13N3/c1-3-5-8(2)12-9-10-6-4-7-11-9/h3-4,6-8H,1,5H2,2H3,(H,10,11,12). The summed E-state index contributed by atoms with van der Waals surface area (Å²) >= 11 is 0. The molecule has 64 valence electrons. The van der Waals surface area contributed by atoms with Crippen LogP contribution in [0.2, 0.25) is 0 Å². The van der Waals surface area contributed by atoms with Crippen LogP contribution in [0.1, 0.15) is 13.3 Å². The first-order valence-corrected chi connectivity index (χ1v) is 3.97. The van der Waals surface area contributed by atoms with Gasteiger partial charge < -0.3 is 5.32 Å². The summed E-state index contributed by atoms with van der Waals surface area (Å²) in [6.45, 7) is 5.73. The van der Waals surface area contributed by atoms with E-state index >= 15 is 0 Å². The average Bonchev–Trinajstić information content (AvgIpc) is 2.06. The van der Waals surface area contributed by atoms with Crippen molar-refractivity contribution in [3.05, 3.63) is 31.1 Å². The lowest BCUT2D eigenvalue weighted by Crippen LogP contribution is -2.15. The molecule has 0 aliphatic rings. The van der Waals surface area contributed by atoms with E-state index in [9.17, 15) is 0 Å². The minimum atomic E-state index is 0.338. The molecule has 1 rings (SSSR count). The van der Waals surface area contributed by atoms with Gasteiger partial charge in [0.25, 0.3) is 0 Å². The summed E-state index contributed by atoms with van der Waals surface area (Å²) in [6, 6.07) is 2.13. The van der Waals surface area contributed by atoms with Crippen molar-refractivity contribution in [2.45, 2.75) is 19.4 Å². The maximum absolute atomic E-state index is 4.04. The Morgan fingerprint density at radius 3 is 2.83 bits per heavy atom. The predicted octanol–water partition coefficient (Wildman–Crippen LogP) is 1.85. The summed E-state index contributed by atoms with van der Waals surface area (Å²) in [5.41, 5.74) is 0. The second-order valence-corrected chi connectivity index (χ2v) is 2.64. The van der Waals surface area contributed by atoms with Crippen LogP contribution in [0.25, 0.3) is 0 Å². The van der Waals surface area contributed by atoms with Crippen molar-refractivity contribution >= 4 is 5.95 Å². The van der Waals surface area contributed by atoms with Gasteiger partial charge in [0, 0.05) is 18.4 Å². The van der Waals surface area contributed by atoms with Crippen LogP contribution in [0.15, 0.2) is 31.1 Å². The molecule has 0 saturated heterocycles. The molecule has 1 atom stereocenters. The van der Waals surface area contributed by atoms with Crippen LogP contribution >= 0.6 is 0 Å². The van der Waals surface area contributed by atoms with Gasteiger partial charge in [-0.25, -0.2) is 9.97 Å². The fraction of sp³-hybridized carbons (Fsp3) is 0.333. The molecule has 0 saturated carbocycles. The van der Waals surface area contributed by atoms with E-state index in [1.807, 2.05) is 6.08 Å². The van der Waals surface area contributed by atoms with E-state index in [-0.39, 0.29) is 0 Å². The zero-order chi connectivity index (χ0) is 8.81. The van der Waals surface area contributed by atoms with E-state index in [1.165, 1.54) is 0 Å². The topological polar surface area (TPSA) is 37.8 Å². The van der Waals surface area contributed by atoms with Gasteiger partial charge in [0.1, 0.15) is 0 Å². The zero-order valence-corrected chi connectivity index (χ0v) is 7.20. The molecule has 1 unspecified atom stereocenters. The maximum Gasteiger partial charge on any atom is 0.222 e. The summed E-state index contributed by atoms with van der Waals surface area (Å²) in [7, 11) is 0. The molecular weight excluding hydrogens is 150 g/mol. The van der Waals surface area contributed by atoms with Crippen molar-refractivity contribution in [1.82, 2.24) is 9.97 Å². The van der Waals surface area contributed by atoms with Crippen molar-refractivity contribution in [1.29, 1.82) is 0 Å². The van der Waals surface area contributed by atoms with Crippen molar-refractivity contribution < 1.29 is 0 Å². The molecule has 0 bridgehead atoms. The molecule has 1 aromatic rings. The van der Waals surface area contributed by atoms with Crippen molar-refractivity contribution in [3.8, 4) is 0 Å². The van der Waals surface area contributed by atoms with Crippen molar-refractivity contribution in [2.75, 3.05) is 5.32 Å². The third kappa shape index (κ3) is 2.70. The van der Waals surface area contributed by atoms with Gasteiger partial charge in [-0.3, -0.25) is 0 Å². The third-order valence-corrected chi connectivity index (χ3v) is 1.46. The second-order valence-electron chi connectivity index (χ2n) is 2.64. The summed E-state index contributed by atoms with van der Waals surface area (Å²) in [4.78, 5) is 8.09. The van der Waals surface area contributed by atoms with Gasteiger partial charge in [0.2, 0.25) is 5.95 Å². The number of rotatable bonds is 4. The first-order chi connectivity index (χ1) is 5.83. The molecule has 1 heterocycles. The summed E-state index contributed by atoms with van der Waals surface area (Å²) in [5.74, 6) is 0.673. The highest BCUT2D eigenvalue weighted by atomic mass is 15.1. The van der Waals surface area contributed by atoms with Crippen LogP contribution < -0.4 is 5.32 Å². The van der Waals surface area contributed by atoms with E-state index < -0.39 is 0 Å². The molecule has 0 radical (unpaired) electrons. The Bertz CT molecular complexity index is 233. The van der Waals surface area contributed by atoms with Crippen LogP contribution in [0.3, 0.4) is 0 Å². The molecule has 3 nitrogen and oxygen atoms in total. The quantitative estimate of drug-likeness (QED) is 0.688. The predicted molar refractivity (Wildman–Crippen MR) is 49.9 cm³/mol. The maximum atomic E-state index is 4.04. The smallest absolute Gasteiger partial charge is 0.222 e. The van der Waals surface area contributed by atoms with Crippen LogP contribution in [0, 0.1) is 0 Å². The van der Waals surface area contributed by atoms with E-state index in [4.69, 9.17) is 0 Å². The van der Waals surface area contributed by atoms with Gasteiger partial charge in [0.15, 0.2) is 0 Å². The van der Waals surface area contributed by atoms with E-state index in [0.29, 0.717) is 12.0 Å². The van der Waals surface area contributed by atoms with E-state index in [1.54, 1.807) is 18.5 Å².